The third-order valence-electron chi connectivity index (χ3n) is 3.51. The Hall–Kier alpha value is -2.44. The molecule has 2 aromatic rings. The number of nitrogens with two attached hydrogens (primary N) is 1. The maximum absolute atomic E-state index is 10.9. The molecular formula is C19H23ClN2O4. The summed E-state index contributed by atoms with van der Waals surface area (Å²) in [4.78, 5) is 10.9. The standard InChI is InChI=1S/C19H23ClN2O4/c1-13-4-3-5-15(8-13)25-7-6-22-11-14-9-16(20)19(17(10-14)24-2)26-12-18(21)23/h3-5,8-10,22H,6-7,11-12H2,1-2H3,(H2,21,23). The van der Waals surface area contributed by atoms with Crippen molar-refractivity contribution in [2.45, 2.75) is 13.5 Å². The largest absolute Gasteiger partial charge is 0.493 e. The van der Waals surface area contributed by atoms with E-state index in [1.165, 1.54) is 7.11 Å². The van der Waals surface area contributed by atoms with Crippen LogP contribution in [0.25, 0.3) is 0 Å². The van der Waals surface area contributed by atoms with E-state index in [4.69, 9.17) is 31.5 Å². The number of nitrogens with one attached hydrogen (secondary N) is 1. The Kier molecular flexibility index (Phi) is 7.56. The number of primary amides is 1. The van der Waals surface area contributed by atoms with Gasteiger partial charge in [-0.2, -0.15) is 0 Å². The SMILES string of the molecule is COc1cc(CNCCOc2cccc(C)c2)cc(Cl)c1OCC(N)=O. The van der Waals surface area contributed by atoms with Crippen molar-refractivity contribution in [3.63, 3.8) is 0 Å². The molecule has 0 aliphatic rings. The number of benzene rings is 2. The molecule has 0 bridgehead atoms. The fourth-order valence-electron chi connectivity index (χ4n) is 2.34. The summed E-state index contributed by atoms with van der Waals surface area (Å²) in [6, 6.07) is 11.5. The molecule has 0 saturated carbocycles. The van der Waals surface area contributed by atoms with Gasteiger partial charge in [0, 0.05) is 13.1 Å². The van der Waals surface area contributed by atoms with Gasteiger partial charge in [-0.3, -0.25) is 4.79 Å². The molecule has 7 heteroatoms. The number of halogens is 1. The molecule has 0 heterocycles. The van der Waals surface area contributed by atoms with Crippen LogP contribution in [0.4, 0.5) is 0 Å². The lowest BCUT2D eigenvalue weighted by Gasteiger charge is -2.14. The van der Waals surface area contributed by atoms with E-state index in [0.29, 0.717) is 36.2 Å². The second-order valence-corrected chi connectivity index (χ2v) is 6.11. The van der Waals surface area contributed by atoms with Gasteiger partial charge >= 0.3 is 0 Å². The van der Waals surface area contributed by atoms with E-state index in [2.05, 4.69) is 5.32 Å². The number of carbonyl (C=O) groups is 1. The van der Waals surface area contributed by atoms with E-state index in [1.807, 2.05) is 31.2 Å². The Balaban J connectivity index is 1.85. The van der Waals surface area contributed by atoms with Crippen LogP contribution in [0.15, 0.2) is 36.4 Å². The van der Waals surface area contributed by atoms with E-state index < -0.39 is 5.91 Å². The van der Waals surface area contributed by atoms with Gasteiger partial charge in [0.05, 0.1) is 12.1 Å². The summed E-state index contributed by atoms with van der Waals surface area (Å²) >= 11 is 6.22. The Morgan fingerprint density at radius 3 is 2.73 bits per heavy atom. The van der Waals surface area contributed by atoms with E-state index >= 15 is 0 Å². The summed E-state index contributed by atoms with van der Waals surface area (Å²) in [5.74, 6) is 1.03. The molecule has 0 atom stereocenters. The first-order valence-electron chi connectivity index (χ1n) is 8.17. The molecule has 0 unspecified atom stereocenters. The van der Waals surface area contributed by atoms with Crippen LogP contribution in [0.1, 0.15) is 11.1 Å². The zero-order chi connectivity index (χ0) is 18.9. The van der Waals surface area contributed by atoms with Crippen LogP contribution in [0.5, 0.6) is 17.2 Å². The third kappa shape index (κ3) is 6.13. The maximum Gasteiger partial charge on any atom is 0.255 e. The molecule has 0 aliphatic heterocycles. The first-order chi connectivity index (χ1) is 12.5. The van der Waals surface area contributed by atoms with Crippen molar-refractivity contribution in [2.24, 2.45) is 5.73 Å². The Morgan fingerprint density at radius 1 is 1.23 bits per heavy atom. The lowest BCUT2D eigenvalue weighted by atomic mass is 10.2. The van der Waals surface area contributed by atoms with Crippen molar-refractivity contribution >= 4 is 17.5 Å². The predicted octanol–water partition coefficient (Wildman–Crippen LogP) is 2.69. The number of hydrogen-bond donors (Lipinski definition) is 2. The summed E-state index contributed by atoms with van der Waals surface area (Å²) in [7, 11) is 1.51. The van der Waals surface area contributed by atoms with Crippen molar-refractivity contribution in [1.29, 1.82) is 0 Å². The van der Waals surface area contributed by atoms with Crippen molar-refractivity contribution in [3.05, 3.63) is 52.5 Å². The highest BCUT2D eigenvalue weighted by Gasteiger charge is 2.13. The van der Waals surface area contributed by atoms with Gasteiger partial charge in [-0.15, -0.1) is 0 Å². The maximum atomic E-state index is 10.9. The Bertz CT molecular complexity index is 752. The third-order valence-corrected chi connectivity index (χ3v) is 3.79. The van der Waals surface area contributed by atoms with Crippen LogP contribution in [-0.2, 0) is 11.3 Å². The number of carbonyl (C=O) groups excluding carboxylic acids is 1. The van der Waals surface area contributed by atoms with Gasteiger partial charge < -0.3 is 25.3 Å². The lowest BCUT2D eigenvalue weighted by Crippen LogP contribution is -2.21. The minimum Gasteiger partial charge on any atom is -0.493 e. The van der Waals surface area contributed by atoms with Crippen LogP contribution in [0.3, 0.4) is 0 Å². The van der Waals surface area contributed by atoms with Gasteiger partial charge in [0.25, 0.3) is 5.91 Å². The number of amides is 1. The second-order valence-electron chi connectivity index (χ2n) is 5.71. The average molecular weight is 379 g/mol. The number of hydrogen-bond acceptors (Lipinski definition) is 5. The fourth-order valence-corrected chi connectivity index (χ4v) is 2.63. The zero-order valence-electron chi connectivity index (χ0n) is 14.9. The average Bonchev–Trinajstić information content (AvgIpc) is 2.60. The van der Waals surface area contributed by atoms with E-state index in [1.54, 1.807) is 12.1 Å². The molecule has 140 valence electrons. The minimum atomic E-state index is -0.581. The van der Waals surface area contributed by atoms with E-state index in [0.717, 1.165) is 16.9 Å². The zero-order valence-corrected chi connectivity index (χ0v) is 15.6. The van der Waals surface area contributed by atoms with Gasteiger partial charge in [0.2, 0.25) is 0 Å². The van der Waals surface area contributed by atoms with Crippen LogP contribution in [0, 0.1) is 6.92 Å². The minimum absolute atomic E-state index is 0.260. The molecule has 0 fully saturated rings. The van der Waals surface area contributed by atoms with Crippen LogP contribution in [-0.4, -0.2) is 32.8 Å². The molecule has 6 nitrogen and oxygen atoms in total. The highest BCUT2D eigenvalue weighted by atomic mass is 35.5. The normalized spacial score (nSPS) is 10.4. The van der Waals surface area contributed by atoms with Crippen molar-refractivity contribution < 1.29 is 19.0 Å². The summed E-state index contributed by atoms with van der Waals surface area (Å²) < 4.78 is 16.3. The molecule has 1 amide bonds. The second kappa shape index (κ2) is 9.89. The molecule has 2 aromatic carbocycles. The summed E-state index contributed by atoms with van der Waals surface area (Å²) in [6.45, 7) is 3.58. The number of rotatable bonds is 10. The molecule has 0 spiro atoms. The van der Waals surface area contributed by atoms with Crippen LogP contribution < -0.4 is 25.3 Å². The van der Waals surface area contributed by atoms with Crippen molar-refractivity contribution in [3.8, 4) is 17.2 Å². The van der Waals surface area contributed by atoms with Crippen LogP contribution in [0.2, 0.25) is 5.02 Å². The van der Waals surface area contributed by atoms with Gasteiger partial charge in [0.15, 0.2) is 18.1 Å². The molecule has 26 heavy (non-hydrogen) atoms. The molecular weight excluding hydrogens is 356 g/mol. The highest BCUT2D eigenvalue weighted by Crippen LogP contribution is 2.36. The Morgan fingerprint density at radius 2 is 2.04 bits per heavy atom. The van der Waals surface area contributed by atoms with Gasteiger partial charge in [-0.1, -0.05) is 23.7 Å². The molecule has 0 radical (unpaired) electrons. The molecule has 0 aromatic heterocycles. The van der Waals surface area contributed by atoms with Crippen LogP contribution >= 0.6 is 11.6 Å². The number of methoxy groups -OCH3 is 1. The topological polar surface area (TPSA) is 82.8 Å². The van der Waals surface area contributed by atoms with Crippen molar-refractivity contribution in [2.75, 3.05) is 26.9 Å². The highest BCUT2D eigenvalue weighted by molar-refractivity contribution is 6.32. The smallest absolute Gasteiger partial charge is 0.255 e. The van der Waals surface area contributed by atoms with Gasteiger partial charge in [0.1, 0.15) is 12.4 Å². The fraction of sp³-hybridized carbons (Fsp3) is 0.316. The Labute approximate surface area is 158 Å². The lowest BCUT2D eigenvalue weighted by molar-refractivity contribution is -0.119. The first kappa shape index (κ1) is 19.9. The quantitative estimate of drug-likeness (QED) is 0.621. The first-order valence-corrected chi connectivity index (χ1v) is 8.55. The summed E-state index contributed by atoms with van der Waals surface area (Å²) in [5, 5.41) is 3.64. The van der Waals surface area contributed by atoms with Crippen molar-refractivity contribution in [1.82, 2.24) is 5.32 Å². The van der Waals surface area contributed by atoms with Gasteiger partial charge in [-0.25, -0.2) is 0 Å². The molecule has 0 aliphatic carbocycles. The van der Waals surface area contributed by atoms with E-state index in [9.17, 15) is 4.79 Å². The molecule has 2 rings (SSSR count). The number of aryl methyl sites for hydroxylation is 1. The van der Waals surface area contributed by atoms with Gasteiger partial charge in [-0.05, 0) is 42.3 Å². The monoisotopic (exact) mass is 378 g/mol. The molecule has 3 N–H and O–H groups in total. The van der Waals surface area contributed by atoms with E-state index in [-0.39, 0.29) is 6.61 Å². The predicted molar refractivity (Wildman–Crippen MR) is 101 cm³/mol. The summed E-state index contributed by atoms with van der Waals surface area (Å²) in [5.41, 5.74) is 7.17. The summed E-state index contributed by atoms with van der Waals surface area (Å²) in [6.07, 6.45) is 0. The number of ether oxygens (including phenoxy) is 3. The molecule has 0 saturated heterocycles.